The first kappa shape index (κ1) is 16.3. The van der Waals surface area contributed by atoms with E-state index in [1.807, 2.05) is 6.20 Å². The zero-order chi connectivity index (χ0) is 17.9. The Kier molecular flexibility index (Phi) is 4.40. The van der Waals surface area contributed by atoms with Crippen LogP contribution in [0.1, 0.15) is 11.1 Å². The highest BCUT2D eigenvalue weighted by Crippen LogP contribution is 2.29. The van der Waals surface area contributed by atoms with Gasteiger partial charge in [-0.05, 0) is 42.5 Å². The summed E-state index contributed by atoms with van der Waals surface area (Å²) in [5, 5.41) is 6.69. The van der Waals surface area contributed by atoms with Crippen LogP contribution in [0.15, 0.2) is 73.1 Å². The lowest BCUT2D eigenvalue weighted by Crippen LogP contribution is -2.42. The zero-order valence-electron chi connectivity index (χ0n) is 15.1. The molecule has 1 aliphatic rings. The number of hydrogen-bond acceptors (Lipinski definition) is 4. The normalized spacial score (nSPS) is 13.3. The second-order valence-corrected chi connectivity index (χ2v) is 6.48. The lowest BCUT2D eigenvalue weighted by atomic mass is 10.0. The summed E-state index contributed by atoms with van der Waals surface area (Å²) in [4.78, 5) is 0. The largest absolute Gasteiger partial charge is 0.496 e. The first-order valence-corrected chi connectivity index (χ1v) is 8.87. The number of aryl methyl sites for hydroxylation is 1. The van der Waals surface area contributed by atoms with Crippen LogP contribution in [-0.2, 0) is 6.42 Å². The maximum Gasteiger partial charge on any atom is 0.126 e. The molecule has 0 unspecified atom stereocenters. The average Bonchev–Trinajstić information content (AvgIpc) is 3.15. The van der Waals surface area contributed by atoms with Crippen molar-refractivity contribution in [1.29, 1.82) is 0 Å². The number of methoxy groups -OCH3 is 1. The Labute approximate surface area is 154 Å². The van der Waals surface area contributed by atoms with E-state index in [2.05, 4.69) is 89.3 Å². The summed E-state index contributed by atoms with van der Waals surface area (Å²) < 4.78 is 5.51. The number of hydrogen-bond donors (Lipinski definition) is 1. The minimum atomic E-state index is 0.883. The minimum Gasteiger partial charge on any atom is -0.496 e. The van der Waals surface area contributed by atoms with E-state index in [-0.39, 0.29) is 0 Å². The molecule has 1 heterocycles. The van der Waals surface area contributed by atoms with E-state index in [0.29, 0.717) is 0 Å². The molecule has 0 bridgehead atoms. The number of nitrogens with one attached hydrogen (secondary N) is 1. The molecule has 4 rings (SSSR count). The van der Waals surface area contributed by atoms with E-state index in [4.69, 9.17) is 4.74 Å². The van der Waals surface area contributed by atoms with Crippen molar-refractivity contribution >= 4 is 16.5 Å². The molecule has 26 heavy (non-hydrogen) atoms. The van der Waals surface area contributed by atoms with Crippen molar-refractivity contribution in [2.75, 3.05) is 18.8 Å². The average molecular weight is 345 g/mol. The fourth-order valence-electron chi connectivity index (χ4n) is 3.38. The Morgan fingerprint density at radius 2 is 1.69 bits per heavy atom. The molecule has 4 heteroatoms. The molecule has 3 aromatic rings. The van der Waals surface area contributed by atoms with E-state index in [1.165, 1.54) is 16.5 Å². The van der Waals surface area contributed by atoms with Gasteiger partial charge in [0.05, 0.1) is 12.8 Å². The SMILES string of the molecule is COc1ccc(CCN2C=CNN2c2ccc(C)cc2)c2ccccc12. The van der Waals surface area contributed by atoms with Gasteiger partial charge >= 0.3 is 0 Å². The van der Waals surface area contributed by atoms with E-state index >= 15 is 0 Å². The van der Waals surface area contributed by atoms with Crippen molar-refractivity contribution in [3.8, 4) is 5.75 Å². The molecule has 0 aliphatic carbocycles. The van der Waals surface area contributed by atoms with Crippen molar-refractivity contribution in [2.24, 2.45) is 0 Å². The number of hydrazine groups is 2. The molecule has 1 N–H and O–H groups in total. The maximum absolute atomic E-state index is 5.51. The van der Waals surface area contributed by atoms with E-state index in [9.17, 15) is 0 Å². The summed E-state index contributed by atoms with van der Waals surface area (Å²) in [6.45, 7) is 2.99. The smallest absolute Gasteiger partial charge is 0.126 e. The summed E-state index contributed by atoms with van der Waals surface area (Å²) in [6.07, 6.45) is 4.98. The third kappa shape index (κ3) is 3.06. The van der Waals surface area contributed by atoms with Crippen LogP contribution in [-0.4, -0.2) is 18.7 Å². The summed E-state index contributed by atoms with van der Waals surface area (Å²) in [5.74, 6) is 0.924. The number of rotatable bonds is 5. The quantitative estimate of drug-likeness (QED) is 0.741. The van der Waals surface area contributed by atoms with Crippen molar-refractivity contribution < 1.29 is 4.74 Å². The molecule has 0 amide bonds. The van der Waals surface area contributed by atoms with E-state index in [0.717, 1.165) is 29.8 Å². The Morgan fingerprint density at radius 1 is 0.923 bits per heavy atom. The maximum atomic E-state index is 5.51. The highest BCUT2D eigenvalue weighted by Gasteiger charge is 2.17. The summed E-state index contributed by atoms with van der Waals surface area (Å²) >= 11 is 0. The molecular weight excluding hydrogens is 322 g/mol. The monoisotopic (exact) mass is 345 g/mol. The van der Waals surface area contributed by atoms with Crippen LogP contribution in [0.25, 0.3) is 10.8 Å². The van der Waals surface area contributed by atoms with Gasteiger partial charge in [0.1, 0.15) is 5.75 Å². The van der Waals surface area contributed by atoms with Crippen molar-refractivity contribution in [2.45, 2.75) is 13.3 Å². The summed E-state index contributed by atoms with van der Waals surface area (Å²) in [5.41, 5.74) is 7.00. The van der Waals surface area contributed by atoms with Gasteiger partial charge in [0, 0.05) is 24.3 Å². The fourth-order valence-corrected chi connectivity index (χ4v) is 3.38. The Morgan fingerprint density at radius 3 is 2.46 bits per heavy atom. The predicted octanol–water partition coefficient (Wildman–Crippen LogP) is 4.41. The van der Waals surface area contributed by atoms with Gasteiger partial charge in [0.15, 0.2) is 0 Å². The van der Waals surface area contributed by atoms with Crippen LogP contribution in [0.3, 0.4) is 0 Å². The van der Waals surface area contributed by atoms with Gasteiger partial charge in [-0.2, -0.15) is 5.12 Å². The number of anilines is 1. The van der Waals surface area contributed by atoms with Crippen molar-refractivity contribution in [3.63, 3.8) is 0 Å². The second kappa shape index (κ2) is 7.00. The third-order valence-corrected chi connectivity index (χ3v) is 4.78. The molecule has 0 saturated carbocycles. The summed E-state index contributed by atoms with van der Waals surface area (Å²) in [7, 11) is 1.72. The van der Waals surface area contributed by atoms with Gasteiger partial charge in [0.25, 0.3) is 0 Å². The lowest BCUT2D eigenvalue weighted by Gasteiger charge is -2.30. The molecule has 132 valence electrons. The molecule has 0 fully saturated rings. The highest BCUT2D eigenvalue weighted by molar-refractivity contribution is 5.91. The van der Waals surface area contributed by atoms with Crippen LogP contribution in [0, 0.1) is 6.92 Å². The summed E-state index contributed by atoms with van der Waals surface area (Å²) in [6, 6.07) is 21.2. The molecular formula is C22H23N3O. The zero-order valence-corrected chi connectivity index (χ0v) is 15.1. The van der Waals surface area contributed by atoms with Crippen LogP contribution in [0.2, 0.25) is 0 Å². The van der Waals surface area contributed by atoms with E-state index < -0.39 is 0 Å². The topological polar surface area (TPSA) is 27.7 Å². The molecule has 0 radical (unpaired) electrons. The number of fused-ring (bicyclic) bond motifs is 1. The highest BCUT2D eigenvalue weighted by atomic mass is 16.5. The molecule has 0 spiro atoms. The third-order valence-electron chi connectivity index (χ3n) is 4.78. The Balaban J connectivity index is 1.54. The first-order valence-electron chi connectivity index (χ1n) is 8.87. The Hall–Kier alpha value is -3.14. The lowest BCUT2D eigenvalue weighted by molar-refractivity contribution is 0.352. The van der Waals surface area contributed by atoms with Gasteiger partial charge in [-0.25, -0.2) is 0 Å². The fraction of sp³-hybridized carbons (Fsp3) is 0.182. The van der Waals surface area contributed by atoms with Crippen LogP contribution in [0.5, 0.6) is 5.75 Å². The van der Waals surface area contributed by atoms with Gasteiger partial charge in [-0.3, -0.25) is 10.4 Å². The van der Waals surface area contributed by atoms with Gasteiger partial charge in [-0.15, -0.1) is 0 Å². The molecule has 0 saturated heterocycles. The molecule has 3 aromatic carbocycles. The van der Waals surface area contributed by atoms with Gasteiger partial charge in [-0.1, -0.05) is 48.0 Å². The standard InChI is InChI=1S/C22H23N3O/c1-17-7-10-19(11-8-17)25-23-14-16-24(25)15-13-18-9-12-22(26-2)21-6-4-3-5-20(18)21/h3-12,14,16,23H,13,15H2,1-2H3. The van der Waals surface area contributed by atoms with Crippen molar-refractivity contribution in [1.82, 2.24) is 10.4 Å². The molecule has 0 aromatic heterocycles. The Bertz CT molecular complexity index is 934. The molecule has 0 atom stereocenters. The number of nitrogens with zero attached hydrogens (tertiary/aromatic N) is 2. The van der Waals surface area contributed by atoms with Crippen LogP contribution >= 0.6 is 0 Å². The van der Waals surface area contributed by atoms with Crippen LogP contribution in [0.4, 0.5) is 5.69 Å². The minimum absolute atomic E-state index is 0.883. The van der Waals surface area contributed by atoms with Gasteiger partial charge in [0.2, 0.25) is 0 Å². The van der Waals surface area contributed by atoms with Crippen molar-refractivity contribution in [3.05, 3.63) is 84.2 Å². The second-order valence-electron chi connectivity index (χ2n) is 6.48. The van der Waals surface area contributed by atoms with Gasteiger partial charge < -0.3 is 4.74 Å². The van der Waals surface area contributed by atoms with Crippen LogP contribution < -0.4 is 15.3 Å². The number of ether oxygens (including phenoxy) is 1. The number of benzene rings is 3. The predicted molar refractivity (Wildman–Crippen MR) is 107 cm³/mol. The van der Waals surface area contributed by atoms with E-state index in [1.54, 1.807) is 7.11 Å². The first-order chi connectivity index (χ1) is 12.8. The molecule has 1 aliphatic heterocycles. The molecule has 4 nitrogen and oxygen atoms in total.